The summed E-state index contributed by atoms with van der Waals surface area (Å²) in [5, 5.41) is 22.2. The zero-order valence-corrected chi connectivity index (χ0v) is 16.6. The molecule has 150 valence electrons. The molecule has 0 aromatic carbocycles. The van der Waals surface area contributed by atoms with E-state index >= 15 is 0 Å². The van der Waals surface area contributed by atoms with Gasteiger partial charge in [-0.1, -0.05) is 0 Å². The monoisotopic (exact) mass is 376 g/mol. The van der Waals surface area contributed by atoms with Gasteiger partial charge in [0.2, 0.25) is 5.91 Å². The molecule has 2 N–H and O–H groups in total. The van der Waals surface area contributed by atoms with Gasteiger partial charge in [-0.2, -0.15) is 5.26 Å². The molecule has 3 fully saturated rings. The number of carbonyl (C=O) groups excluding carboxylic acids is 1. The summed E-state index contributed by atoms with van der Waals surface area (Å²) in [7, 11) is 0. The number of rotatable bonds is 4. The first-order valence-electron chi connectivity index (χ1n) is 10.2. The molecule has 1 heterocycles. The largest absolute Gasteiger partial charge is 0.465 e. The van der Waals surface area contributed by atoms with E-state index in [0.717, 1.165) is 38.5 Å². The maximum absolute atomic E-state index is 12.4. The summed E-state index contributed by atoms with van der Waals surface area (Å²) < 4.78 is 0. The topological polar surface area (TPSA) is 96.7 Å². The van der Waals surface area contributed by atoms with Crippen molar-refractivity contribution in [3.8, 4) is 6.07 Å². The van der Waals surface area contributed by atoms with E-state index < -0.39 is 6.09 Å². The Morgan fingerprint density at radius 1 is 1.22 bits per heavy atom. The maximum atomic E-state index is 12.4. The number of carboxylic acid groups (broad SMARTS) is 1. The van der Waals surface area contributed by atoms with Crippen molar-refractivity contribution in [3.63, 3.8) is 0 Å². The van der Waals surface area contributed by atoms with Gasteiger partial charge in [-0.05, 0) is 71.1 Å². The molecule has 7 heteroatoms. The highest BCUT2D eigenvalue weighted by Crippen LogP contribution is 2.46. The highest BCUT2D eigenvalue weighted by molar-refractivity contribution is 5.79. The average Bonchev–Trinajstić information content (AvgIpc) is 3.24. The molecule has 0 bridgehead atoms. The number of nitrogens with one attached hydrogen (secondary N) is 1. The van der Waals surface area contributed by atoms with Crippen LogP contribution in [0.4, 0.5) is 4.79 Å². The van der Waals surface area contributed by atoms with Gasteiger partial charge in [0.05, 0.1) is 12.6 Å². The van der Waals surface area contributed by atoms with Gasteiger partial charge < -0.3 is 20.2 Å². The van der Waals surface area contributed by atoms with E-state index in [1.54, 1.807) is 9.80 Å². The first-order valence-corrected chi connectivity index (χ1v) is 10.2. The minimum Gasteiger partial charge on any atom is -0.465 e. The molecule has 2 amide bonds. The Morgan fingerprint density at radius 2 is 1.85 bits per heavy atom. The van der Waals surface area contributed by atoms with Gasteiger partial charge in [-0.15, -0.1) is 0 Å². The number of fused-ring (bicyclic) bond motifs is 1. The summed E-state index contributed by atoms with van der Waals surface area (Å²) in [5.74, 6) is 1.09. The second-order valence-electron chi connectivity index (χ2n) is 9.39. The third-order valence-electron chi connectivity index (χ3n) is 6.55. The molecule has 2 saturated carbocycles. The van der Waals surface area contributed by atoms with E-state index in [4.69, 9.17) is 5.26 Å². The van der Waals surface area contributed by atoms with Crippen LogP contribution in [0.25, 0.3) is 0 Å². The van der Waals surface area contributed by atoms with E-state index in [1.807, 2.05) is 20.8 Å². The van der Waals surface area contributed by atoms with Crippen molar-refractivity contribution in [2.24, 2.45) is 11.8 Å². The van der Waals surface area contributed by atoms with Crippen molar-refractivity contribution in [1.29, 1.82) is 5.26 Å². The molecule has 3 atom stereocenters. The summed E-state index contributed by atoms with van der Waals surface area (Å²) in [5.41, 5.74) is -0.383. The fraction of sp³-hybridized carbons (Fsp3) is 0.850. The van der Waals surface area contributed by atoms with Crippen LogP contribution in [0.5, 0.6) is 0 Å². The van der Waals surface area contributed by atoms with Crippen LogP contribution in [0.15, 0.2) is 0 Å². The molecule has 2 aliphatic carbocycles. The highest BCUT2D eigenvalue weighted by Gasteiger charge is 2.46. The van der Waals surface area contributed by atoms with E-state index in [0.29, 0.717) is 31.0 Å². The molecule has 0 spiro atoms. The molecule has 3 unspecified atom stereocenters. The minimum atomic E-state index is -0.828. The fourth-order valence-electron chi connectivity index (χ4n) is 5.49. The maximum Gasteiger partial charge on any atom is 0.407 e. The molecule has 1 aliphatic heterocycles. The van der Waals surface area contributed by atoms with Gasteiger partial charge in [0.15, 0.2) is 0 Å². The summed E-state index contributed by atoms with van der Waals surface area (Å²) in [6.07, 6.45) is 4.72. The van der Waals surface area contributed by atoms with E-state index in [2.05, 4.69) is 11.4 Å². The van der Waals surface area contributed by atoms with E-state index in [1.165, 1.54) is 0 Å². The van der Waals surface area contributed by atoms with Crippen LogP contribution < -0.4 is 5.32 Å². The van der Waals surface area contributed by atoms with Crippen LogP contribution in [0.1, 0.15) is 59.3 Å². The third-order valence-corrected chi connectivity index (χ3v) is 6.55. The van der Waals surface area contributed by atoms with Crippen LogP contribution in [-0.4, -0.2) is 63.7 Å². The normalized spacial score (nSPS) is 33.0. The number of likely N-dealkylation sites (tertiary alicyclic amines) is 1. The average molecular weight is 377 g/mol. The molecule has 3 aliphatic rings. The smallest absolute Gasteiger partial charge is 0.407 e. The molecule has 1 saturated heterocycles. The van der Waals surface area contributed by atoms with E-state index in [-0.39, 0.29) is 23.5 Å². The minimum absolute atomic E-state index is 0.0266. The second-order valence-corrected chi connectivity index (χ2v) is 9.39. The van der Waals surface area contributed by atoms with Crippen molar-refractivity contribution in [1.82, 2.24) is 15.1 Å². The van der Waals surface area contributed by atoms with Crippen LogP contribution in [0.3, 0.4) is 0 Å². The lowest BCUT2D eigenvalue weighted by atomic mass is 10.00. The fourth-order valence-corrected chi connectivity index (χ4v) is 5.49. The molecular formula is C20H32N4O3. The Morgan fingerprint density at radius 3 is 2.37 bits per heavy atom. The van der Waals surface area contributed by atoms with Gasteiger partial charge in [-0.3, -0.25) is 4.79 Å². The van der Waals surface area contributed by atoms with Crippen molar-refractivity contribution in [2.45, 2.75) is 83.0 Å². The number of hydrogen-bond acceptors (Lipinski definition) is 4. The lowest BCUT2D eigenvalue weighted by molar-refractivity contribution is -0.130. The lowest BCUT2D eigenvalue weighted by Gasteiger charge is -2.38. The van der Waals surface area contributed by atoms with Gasteiger partial charge in [-0.25, -0.2) is 4.79 Å². The lowest BCUT2D eigenvalue weighted by Crippen LogP contribution is -2.50. The summed E-state index contributed by atoms with van der Waals surface area (Å²) in [4.78, 5) is 27.4. The number of nitriles is 1. The molecule has 3 rings (SSSR count). The molecular weight excluding hydrogens is 344 g/mol. The van der Waals surface area contributed by atoms with Crippen molar-refractivity contribution >= 4 is 12.0 Å². The Kier molecular flexibility index (Phi) is 5.66. The summed E-state index contributed by atoms with van der Waals surface area (Å²) >= 11 is 0. The SMILES string of the molecule is CC(C)(C)N(C(=O)O)C1CC2CC(NCC(=O)N3CCCC3C#N)CC2C1. The molecule has 0 radical (unpaired) electrons. The number of carbonyl (C=O) groups is 2. The predicted molar refractivity (Wildman–Crippen MR) is 101 cm³/mol. The third kappa shape index (κ3) is 4.21. The predicted octanol–water partition coefficient (Wildman–Crippen LogP) is 2.43. The van der Waals surface area contributed by atoms with Gasteiger partial charge in [0, 0.05) is 24.2 Å². The zero-order valence-electron chi connectivity index (χ0n) is 16.6. The van der Waals surface area contributed by atoms with Crippen molar-refractivity contribution in [3.05, 3.63) is 0 Å². The van der Waals surface area contributed by atoms with Crippen molar-refractivity contribution < 1.29 is 14.7 Å². The van der Waals surface area contributed by atoms with Crippen LogP contribution in [0.2, 0.25) is 0 Å². The first-order chi connectivity index (χ1) is 12.7. The van der Waals surface area contributed by atoms with Gasteiger partial charge in [0.25, 0.3) is 0 Å². The summed E-state index contributed by atoms with van der Waals surface area (Å²) in [6, 6.07) is 2.37. The number of amides is 2. The molecule has 0 aromatic rings. The molecule has 27 heavy (non-hydrogen) atoms. The van der Waals surface area contributed by atoms with Crippen molar-refractivity contribution in [2.75, 3.05) is 13.1 Å². The van der Waals surface area contributed by atoms with Gasteiger partial charge >= 0.3 is 6.09 Å². The summed E-state index contributed by atoms with van der Waals surface area (Å²) in [6.45, 7) is 6.86. The second kappa shape index (κ2) is 7.67. The molecule has 0 aromatic heterocycles. The highest BCUT2D eigenvalue weighted by atomic mass is 16.4. The number of nitrogens with zero attached hydrogens (tertiary/aromatic N) is 3. The quantitative estimate of drug-likeness (QED) is 0.785. The van der Waals surface area contributed by atoms with Gasteiger partial charge in [0.1, 0.15) is 6.04 Å². The van der Waals surface area contributed by atoms with E-state index in [9.17, 15) is 14.7 Å². The van der Waals surface area contributed by atoms with Crippen LogP contribution in [0, 0.1) is 23.2 Å². The molecule has 7 nitrogen and oxygen atoms in total. The first kappa shape index (κ1) is 19.9. The Bertz CT molecular complexity index is 610. The number of hydrogen-bond donors (Lipinski definition) is 2. The van der Waals surface area contributed by atoms with Crippen LogP contribution in [-0.2, 0) is 4.79 Å². The zero-order chi connectivity index (χ0) is 19.8. The Labute approximate surface area is 161 Å². The van der Waals surface area contributed by atoms with Crippen LogP contribution >= 0.6 is 0 Å². The standard InChI is InChI=1S/C20H32N4O3/c1-20(2,3)24(19(26)27)17-9-13-7-15(8-14(13)10-17)22-12-18(25)23-6-4-5-16(23)11-21/h13-17,22H,4-10,12H2,1-3H3,(H,26,27). The Balaban J connectivity index is 1.48. The Hall–Kier alpha value is -1.81.